The van der Waals surface area contributed by atoms with Crippen LogP contribution in [-0.2, 0) is 5.60 Å². The molecule has 1 heterocycles. The highest BCUT2D eigenvalue weighted by atomic mass is 19.1. The highest BCUT2D eigenvalue weighted by Gasteiger charge is 2.27. The molecule has 0 unspecified atom stereocenters. The molecule has 0 bridgehead atoms. The monoisotopic (exact) mass is 338 g/mol. The zero-order chi connectivity index (χ0) is 17.7. The fourth-order valence-electron chi connectivity index (χ4n) is 2.32. The van der Waals surface area contributed by atoms with E-state index >= 15 is 0 Å². The second-order valence-corrected chi connectivity index (χ2v) is 5.70. The van der Waals surface area contributed by atoms with Gasteiger partial charge in [-0.15, -0.1) is 0 Å². The minimum Gasteiger partial charge on any atom is -0.466 e. The van der Waals surface area contributed by atoms with Gasteiger partial charge in [0.2, 0.25) is 0 Å². The van der Waals surface area contributed by atoms with Gasteiger partial charge in [-0.05, 0) is 43.7 Å². The van der Waals surface area contributed by atoms with Crippen LogP contribution in [0.5, 0.6) is 0 Å². The summed E-state index contributed by atoms with van der Waals surface area (Å²) < 4.78 is 32.2. The summed E-state index contributed by atoms with van der Waals surface area (Å²) in [4.78, 5) is 12.0. The molecule has 0 radical (unpaired) electrons. The second-order valence-electron chi connectivity index (χ2n) is 5.70. The first-order chi connectivity index (χ1) is 11.3. The molecule has 2 rings (SSSR count). The lowest BCUT2D eigenvalue weighted by Crippen LogP contribution is -2.44. The van der Waals surface area contributed by atoms with Gasteiger partial charge in [-0.2, -0.15) is 0 Å². The number of carbonyl (C=O) groups excluding carboxylic acids is 1. The summed E-state index contributed by atoms with van der Waals surface area (Å²) in [7, 11) is 0. The van der Waals surface area contributed by atoms with Crippen molar-refractivity contribution in [1.29, 1.82) is 0 Å². The lowest BCUT2D eigenvalue weighted by molar-refractivity contribution is 0.0366. The Morgan fingerprint density at radius 2 is 2.12 bits per heavy atom. The molecule has 24 heavy (non-hydrogen) atoms. The van der Waals surface area contributed by atoms with E-state index in [0.29, 0.717) is 12.2 Å². The number of urea groups is 1. The molecule has 3 N–H and O–H groups in total. The molecule has 0 saturated carbocycles. The molecule has 0 aliphatic rings. The van der Waals surface area contributed by atoms with Crippen molar-refractivity contribution in [2.45, 2.75) is 31.9 Å². The summed E-state index contributed by atoms with van der Waals surface area (Å²) in [5.74, 6) is -0.857. The normalized spacial score (nSPS) is 14.7. The topological polar surface area (TPSA) is 74.5 Å². The van der Waals surface area contributed by atoms with Gasteiger partial charge in [-0.1, -0.05) is 6.92 Å². The number of nitrogens with one attached hydrogen (secondary N) is 2. The van der Waals surface area contributed by atoms with Crippen LogP contribution in [0.4, 0.5) is 13.6 Å². The zero-order valence-electron chi connectivity index (χ0n) is 13.5. The van der Waals surface area contributed by atoms with Gasteiger partial charge in [0.05, 0.1) is 18.8 Å². The first kappa shape index (κ1) is 17.9. The molecule has 0 aliphatic carbocycles. The molecule has 130 valence electrons. The van der Waals surface area contributed by atoms with Gasteiger partial charge >= 0.3 is 6.03 Å². The van der Waals surface area contributed by atoms with E-state index in [2.05, 4.69) is 10.6 Å². The van der Waals surface area contributed by atoms with Gasteiger partial charge in [0, 0.05) is 5.56 Å². The van der Waals surface area contributed by atoms with Crippen LogP contribution in [0.3, 0.4) is 0 Å². The molecule has 0 saturated heterocycles. The van der Waals surface area contributed by atoms with E-state index < -0.39 is 29.3 Å². The smallest absolute Gasteiger partial charge is 0.315 e. The number of rotatable bonds is 6. The van der Waals surface area contributed by atoms with Crippen molar-refractivity contribution in [2.75, 3.05) is 6.54 Å². The lowest BCUT2D eigenvalue weighted by Gasteiger charge is -2.23. The molecule has 2 amide bonds. The number of amides is 2. The molecular weight excluding hydrogens is 318 g/mol. The molecule has 1 aromatic heterocycles. The van der Waals surface area contributed by atoms with Gasteiger partial charge in [0.1, 0.15) is 23.0 Å². The second kappa shape index (κ2) is 7.44. The Hall–Kier alpha value is -2.41. The summed E-state index contributed by atoms with van der Waals surface area (Å²) in [6.07, 6.45) is 1.80. The average Bonchev–Trinajstić information content (AvgIpc) is 3.08. The van der Waals surface area contributed by atoms with E-state index in [0.717, 1.165) is 18.2 Å². The van der Waals surface area contributed by atoms with Crippen molar-refractivity contribution >= 4 is 6.03 Å². The molecule has 2 atom stereocenters. The van der Waals surface area contributed by atoms with Crippen LogP contribution in [0, 0.1) is 11.6 Å². The van der Waals surface area contributed by atoms with E-state index in [9.17, 15) is 18.7 Å². The van der Waals surface area contributed by atoms with Crippen molar-refractivity contribution in [2.24, 2.45) is 0 Å². The molecule has 5 nitrogen and oxygen atoms in total. The van der Waals surface area contributed by atoms with Crippen LogP contribution in [0.15, 0.2) is 41.0 Å². The number of halogens is 2. The number of carbonyl (C=O) groups is 1. The molecular formula is C17H20F2N2O3. The van der Waals surface area contributed by atoms with Crippen LogP contribution < -0.4 is 10.6 Å². The predicted molar refractivity (Wildman–Crippen MR) is 84.2 cm³/mol. The Morgan fingerprint density at radius 1 is 1.38 bits per heavy atom. The fraction of sp³-hybridized carbons (Fsp3) is 0.353. The maximum atomic E-state index is 13.8. The molecule has 0 spiro atoms. The Labute approximate surface area is 138 Å². The standard InChI is InChI=1S/C17H20F2N2O3/c1-3-14(12-9-11(18)6-7-13(12)19)21-16(22)20-10-17(2,23)15-5-4-8-24-15/h4-9,14,23H,3,10H2,1-2H3,(H2,20,21,22)/t14-,17-/m1/s1. The summed E-state index contributed by atoms with van der Waals surface area (Å²) in [6, 6.07) is 5.04. The highest BCUT2D eigenvalue weighted by Crippen LogP contribution is 2.22. The average molecular weight is 338 g/mol. The van der Waals surface area contributed by atoms with Gasteiger partial charge in [0.25, 0.3) is 0 Å². The molecule has 0 aliphatic heterocycles. The number of benzene rings is 1. The SMILES string of the molecule is CC[C@@H](NC(=O)NC[C@@](C)(O)c1ccco1)c1cc(F)ccc1F. The van der Waals surface area contributed by atoms with Gasteiger partial charge in [0.15, 0.2) is 0 Å². The predicted octanol–water partition coefficient (Wildman–Crippen LogP) is 3.22. The molecule has 1 aromatic carbocycles. The van der Waals surface area contributed by atoms with Crippen LogP contribution in [0.1, 0.15) is 37.6 Å². The van der Waals surface area contributed by atoms with Gasteiger partial charge in [-0.3, -0.25) is 0 Å². The van der Waals surface area contributed by atoms with Crippen LogP contribution in [-0.4, -0.2) is 17.7 Å². The van der Waals surface area contributed by atoms with Gasteiger partial charge < -0.3 is 20.2 Å². The highest BCUT2D eigenvalue weighted by molar-refractivity contribution is 5.74. The van der Waals surface area contributed by atoms with Crippen molar-refractivity contribution < 1.29 is 23.1 Å². The maximum absolute atomic E-state index is 13.8. The quantitative estimate of drug-likeness (QED) is 0.757. The minimum atomic E-state index is -1.38. The number of aliphatic hydroxyl groups is 1. The Bertz CT molecular complexity index is 687. The van der Waals surface area contributed by atoms with Crippen LogP contribution in [0.2, 0.25) is 0 Å². The lowest BCUT2D eigenvalue weighted by atomic mass is 10.0. The molecule has 0 fully saturated rings. The molecule has 2 aromatic rings. The minimum absolute atomic E-state index is 0.0745. The summed E-state index contributed by atoms with van der Waals surface area (Å²) in [5, 5.41) is 15.3. The first-order valence-corrected chi connectivity index (χ1v) is 7.59. The number of hydrogen-bond acceptors (Lipinski definition) is 3. The first-order valence-electron chi connectivity index (χ1n) is 7.59. The third-order valence-corrected chi connectivity index (χ3v) is 3.69. The number of furan rings is 1. The van der Waals surface area contributed by atoms with Crippen molar-refractivity contribution in [1.82, 2.24) is 10.6 Å². The van der Waals surface area contributed by atoms with Crippen molar-refractivity contribution in [3.63, 3.8) is 0 Å². The number of hydrogen-bond donors (Lipinski definition) is 3. The van der Waals surface area contributed by atoms with E-state index in [4.69, 9.17) is 4.42 Å². The van der Waals surface area contributed by atoms with E-state index in [1.54, 1.807) is 19.1 Å². The van der Waals surface area contributed by atoms with E-state index in [-0.39, 0.29) is 12.1 Å². The van der Waals surface area contributed by atoms with Crippen LogP contribution in [0.25, 0.3) is 0 Å². The maximum Gasteiger partial charge on any atom is 0.315 e. The van der Waals surface area contributed by atoms with Gasteiger partial charge in [-0.25, -0.2) is 13.6 Å². The Balaban J connectivity index is 1.98. The molecule has 7 heteroatoms. The third-order valence-electron chi connectivity index (χ3n) is 3.69. The van der Waals surface area contributed by atoms with Crippen LogP contribution >= 0.6 is 0 Å². The summed E-state index contributed by atoms with van der Waals surface area (Å²) in [6.45, 7) is 3.14. The summed E-state index contributed by atoms with van der Waals surface area (Å²) in [5.41, 5.74) is -1.31. The van der Waals surface area contributed by atoms with Crippen molar-refractivity contribution in [3.05, 3.63) is 59.6 Å². The Kier molecular flexibility index (Phi) is 5.56. The van der Waals surface area contributed by atoms with E-state index in [1.165, 1.54) is 13.2 Å². The van der Waals surface area contributed by atoms with Crippen molar-refractivity contribution in [3.8, 4) is 0 Å². The zero-order valence-corrected chi connectivity index (χ0v) is 13.5. The largest absolute Gasteiger partial charge is 0.466 e. The van der Waals surface area contributed by atoms with E-state index in [1.807, 2.05) is 0 Å². The summed E-state index contributed by atoms with van der Waals surface area (Å²) >= 11 is 0. The fourth-order valence-corrected chi connectivity index (χ4v) is 2.32. The third kappa shape index (κ3) is 4.32. The Morgan fingerprint density at radius 3 is 2.75 bits per heavy atom.